The molecule has 1 aliphatic carbocycles. The third-order valence-electron chi connectivity index (χ3n) is 4.52. The molecule has 2 rings (SSSR count). The van der Waals surface area contributed by atoms with E-state index in [0.29, 0.717) is 11.0 Å². The van der Waals surface area contributed by atoms with Crippen LogP contribution in [0.5, 0.6) is 0 Å². The van der Waals surface area contributed by atoms with E-state index < -0.39 is 0 Å². The monoisotopic (exact) mass is 209 g/mol. The Bertz CT molecular complexity index is 217. The van der Waals surface area contributed by atoms with Gasteiger partial charge in [0.1, 0.15) is 0 Å². The van der Waals surface area contributed by atoms with Crippen molar-refractivity contribution < 1.29 is 0 Å². The van der Waals surface area contributed by atoms with Gasteiger partial charge in [0.05, 0.1) is 0 Å². The van der Waals surface area contributed by atoms with Gasteiger partial charge in [-0.25, -0.2) is 0 Å². The molecule has 3 unspecified atom stereocenters. The summed E-state index contributed by atoms with van der Waals surface area (Å²) in [4.78, 5) is 2.74. The molecule has 3 atom stereocenters. The Kier molecular flexibility index (Phi) is 2.46. The first-order valence-corrected chi connectivity index (χ1v) is 6.46. The highest BCUT2D eigenvalue weighted by atomic mass is 15.2. The van der Waals surface area contributed by atoms with Crippen LogP contribution in [-0.4, -0.2) is 23.0 Å². The second-order valence-electron chi connectivity index (χ2n) is 7.68. The quantitative estimate of drug-likeness (QED) is 0.590. The Balaban J connectivity index is 2.07. The van der Waals surface area contributed by atoms with Crippen LogP contribution in [0.1, 0.15) is 54.4 Å². The average Bonchev–Trinajstić information content (AvgIpc) is 2.57. The van der Waals surface area contributed by atoms with Crippen molar-refractivity contribution in [2.24, 2.45) is 17.3 Å². The fraction of sp³-hybridized carbons (Fsp3) is 1.00. The Morgan fingerprint density at radius 3 is 1.87 bits per heavy atom. The standard InChI is InChI=1S/C14H27N/c1-13(2,3)12-8-11-7-10(12)9-15(11)14(4,5)6/h10-12H,7-9H2,1-6H3. The normalized spacial score (nSPS) is 37.6. The molecule has 1 heteroatoms. The number of hydrogen-bond acceptors (Lipinski definition) is 1. The van der Waals surface area contributed by atoms with Crippen LogP contribution < -0.4 is 0 Å². The summed E-state index contributed by atoms with van der Waals surface area (Å²) < 4.78 is 0. The third kappa shape index (κ3) is 1.95. The lowest BCUT2D eigenvalue weighted by atomic mass is 9.73. The molecule has 0 N–H and O–H groups in total. The highest BCUT2D eigenvalue weighted by Gasteiger charge is 2.50. The van der Waals surface area contributed by atoms with Gasteiger partial charge in [-0.3, -0.25) is 4.90 Å². The van der Waals surface area contributed by atoms with E-state index in [1.807, 2.05) is 0 Å². The number of likely N-dealkylation sites (tertiary alicyclic amines) is 1. The molecule has 1 aliphatic heterocycles. The first kappa shape index (κ1) is 11.4. The Labute approximate surface area is 95.2 Å². The molecule has 0 amide bonds. The lowest BCUT2D eigenvalue weighted by Gasteiger charge is -2.44. The topological polar surface area (TPSA) is 3.24 Å². The minimum Gasteiger partial charge on any atom is -0.295 e. The first-order chi connectivity index (χ1) is 6.69. The third-order valence-corrected chi connectivity index (χ3v) is 4.52. The lowest BCUT2D eigenvalue weighted by Crippen LogP contribution is -2.48. The van der Waals surface area contributed by atoms with Gasteiger partial charge < -0.3 is 0 Å². The lowest BCUT2D eigenvalue weighted by molar-refractivity contribution is 0.0462. The predicted octanol–water partition coefficient (Wildman–Crippen LogP) is 3.54. The zero-order valence-corrected chi connectivity index (χ0v) is 11.3. The van der Waals surface area contributed by atoms with Crippen molar-refractivity contribution >= 4 is 0 Å². The second kappa shape index (κ2) is 3.23. The fourth-order valence-electron chi connectivity index (χ4n) is 3.84. The van der Waals surface area contributed by atoms with E-state index in [1.54, 1.807) is 0 Å². The van der Waals surface area contributed by atoms with Gasteiger partial charge in [-0.2, -0.15) is 0 Å². The molecule has 0 radical (unpaired) electrons. The van der Waals surface area contributed by atoms with Crippen LogP contribution in [0.25, 0.3) is 0 Å². The fourth-order valence-corrected chi connectivity index (χ4v) is 3.84. The first-order valence-electron chi connectivity index (χ1n) is 6.46. The Morgan fingerprint density at radius 1 is 0.933 bits per heavy atom. The van der Waals surface area contributed by atoms with E-state index in [1.165, 1.54) is 19.4 Å². The van der Waals surface area contributed by atoms with Crippen LogP contribution in [0.15, 0.2) is 0 Å². The van der Waals surface area contributed by atoms with Crippen molar-refractivity contribution in [3.05, 3.63) is 0 Å². The highest BCUT2D eigenvalue weighted by Crippen LogP contribution is 2.51. The summed E-state index contributed by atoms with van der Waals surface area (Å²) in [5.74, 6) is 1.93. The smallest absolute Gasteiger partial charge is 0.0128 e. The van der Waals surface area contributed by atoms with Gasteiger partial charge in [-0.1, -0.05) is 20.8 Å². The van der Waals surface area contributed by atoms with Crippen LogP contribution in [0.4, 0.5) is 0 Å². The molecule has 2 bridgehead atoms. The Hall–Kier alpha value is -0.0400. The molecule has 1 heterocycles. The maximum Gasteiger partial charge on any atom is 0.0128 e. The van der Waals surface area contributed by atoms with Gasteiger partial charge in [-0.05, 0) is 50.9 Å². The van der Waals surface area contributed by atoms with E-state index in [4.69, 9.17) is 0 Å². The van der Waals surface area contributed by atoms with Gasteiger partial charge in [-0.15, -0.1) is 0 Å². The van der Waals surface area contributed by atoms with Gasteiger partial charge in [0.2, 0.25) is 0 Å². The molecule has 88 valence electrons. The van der Waals surface area contributed by atoms with E-state index in [-0.39, 0.29) is 0 Å². The van der Waals surface area contributed by atoms with Crippen molar-refractivity contribution in [3.63, 3.8) is 0 Å². The summed E-state index contributed by atoms with van der Waals surface area (Å²) in [6.07, 6.45) is 2.89. The van der Waals surface area contributed by atoms with Crippen LogP contribution in [0.2, 0.25) is 0 Å². The zero-order chi connectivity index (χ0) is 11.4. The summed E-state index contributed by atoms with van der Waals surface area (Å²) in [6, 6.07) is 0.874. The zero-order valence-electron chi connectivity index (χ0n) is 11.3. The minimum atomic E-state index is 0.377. The van der Waals surface area contributed by atoms with E-state index >= 15 is 0 Å². The summed E-state index contributed by atoms with van der Waals surface area (Å²) in [5.41, 5.74) is 0.895. The van der Waals surface area contributed by atoms with Crippen LogP contribution in [-0.2, 0) is 0 Å². The average molecular weight is 209 g/mol. The van der Waals surface area contributed by atoms with Gasteiger partial charge >= 0.3 is 0 Å². The van der Waals surface area contributed by atoms with E-state index in [2.05, 4.69) is 46.4 Å². The molecular formula is C14H27N. The van der Waals surface area contributed by atoms with Crippen molar-refractivity contribution in [2.75, 3.05) is 6.54 Å². The number of nitrogens with zero attached hydrogens (tertiary/aromatic N) is 1. The summed E-state index contributed by atoms with van der Waals surface area (Å²) in [6.45, 7) is 15.7. The van der Waals surface area contributed by atoms with E-state index in [9.17, 15) is 0 Å². The van der Waals surface area contributed by atoms with Crippen molar-refractivity contribution in [2.45, 2.75) is 66.0 Å². The number of fused-ring (bicyclic) bond motifs is 2. The van der Waals surface area contributed by atoms with Crippen molar-refractivity contribution in [1.82, 2.24) is 4.90 Å². The Morgan fingerprint density at radius 2 is 1.53 bits per heavy atom. The SMILES string of the molecule is CC(C)(C)C1CC2CC1CN2C(C)(C)C. The molecule has 0 spiro atoms. The largest absolute Gasteiger partial charge is 0.295 e. The van der Waals surface area contributed by atoms with Crippen molar-refractivity contribution in [3.8, 4) is 0 Å². The molecule has 2 aliphatic rings. The van der Waals surface area contributed by atoms with Crippen LogP contribution in [0, 0.1) is 17.3 Å². The van der Waals surface area contributed by atoms with Gasteiger partial charge in [0, 0.05) is 18.1 Å². The van der Waals surface area contributed by atoms with Gasteiger partial charge in [0.25, 0.3) is 0 Å². The second-order valence-corrected chi connectivity index (χ2v) is 7.68. The van der Waals surface area contributed by atoms with E-state index in [0.717, 1.165) is 17.9 Å². The molecule has 0 aromatic carbocycles. The molecule has 2 fully saturated rings. The maximum atomic E-state index is 2.74. The van der Waals surface area contributed by atoms with Crippen LogP contribution in [0.3, 0.4) is 0 Å². The number of hydrogen-bond donors (Lipinski definition) is 0. The molecular weight excluding hydrogens is 182 g/mol. The predicted molar refractivity (Wildman–Crippen MR) is 65.9 cm³/mol. The number of piperidine rings is 1. The summed E-state index contributed by atoms with van der Waals surface area (Å²) >= 11 is 0. The maximum absolute atomic E-state index is 2.74. The summed E-state index contributed by atoms with van der Waals surface area (Å²) in [7, 11) is 0. The van der Waals surface area contributed by atoms with Gasteiger partial charge in [0.15, 0.2) is 0 Å². The van der Waals surface area contributed by atoms with Crippen molar-refractivity contribution in [1.29, 1.82) is 0 Å². The molecule has 1 saturated heterocycles. The summed E-state index contributed by atoms with van der Waals surface area (Å²) in [5, 5.41) is 0. The van der Waals surface area contributed by atoms with Crippen LogP contribution >= 0.6 is 0 Å². The molecule has 1 nitrogen and oxygen atoms in total. The minimum absolute atomic E-state index is 0.377. The highest BCUT2D eigenvalue weighted by molar-refractivity contribution is 5.03. The molecule has 0 aromatic heterocycles. The molecule has 15 heavy (non-hydrogen) atoms. The molecule has 0 aromatic rings. The molecule has 1 saturated carbocycles. The number of rotatable bonds is 0.